The third kappa shape index (κ3) is 2.17. The number of rotatable bonds is 2. The standard InChI is InChI=1S/C8H8ClNO3S/c9-14(11,12)6-10-5-7-3-1-2-4-8(7)13-10/h1-4H,5-6H2. The van der Waals surface area contributed by atoms with Gasteiger partial charge in [0.15, 0.2) is 11.6 Å². The van der Waals surface area contributed by atoms with Crippen LogP contribution in [0.5, 0.6) is 5.75 Å². The fourth-order valence-electron chi connectivity index (χ4n) is 1.33. The number of benzene rings is 1. The molecule has 1 aliphatic rings. The molecule has 1 aliphatic heterocycles. The maximum Gasteiger partial charge on any atom is 0.249 e. The molecule has 0 radical (unpaired) electrons. The van der Waals surface area contributed by atoms with Crippen molar-refractivity contribution in [3.05, 3.63) is 29.8 Å². The molecular weight excluding hydrogens is 226 g/mol. The molecule has 1 heterocycles. The van der Waals surface area contributed by atoms with Gasteiger partial charge in [-0.05, 0) is 6.07 Å². The van der Waals surface area contributed by atoms with Gasteiger partial charge in [-0.3, -0.25) is 0 Å². The fourth-order valence-corrected chi connectivity index (χ4v) is 2.14. The molecule has 0 N–H and O–H groups in total. The van der Waals surface area contributed by atoms with Gasteiger partial charge in [0, 0.05) is 16.2 Å². The van der Waals surface area contributed by atoms with Gasteiger partial charge in [-0.15, -0.1) is 5.06 Å². The Balaban J connectivity index is 2.13. The van der Waals surface area contributed by atoms with Gasteiger partial charge in [0.2, 0.25) is 9.05 Å². The fraction of sp³-hybridized carbons (Fsp3) is 0.250. The smallest absolute Gasteiger partial charge is 0.249 e. The number of fused-ring (bicyclic) bond motifs is 1. The van der Waals surface area contributed by atoms with E-state index >= 15 is 0 Å². The first-order valence-electron chi connectivity index (χ1n) is 3.98. The Labute approximate surface area is 86.4 Å². The van der Waals surface area contributed by atoms with Crippen LogP contribution in [0.1, 0.15) is 5.56 Å². The maximum absolute atomic E-state index is 10.8. The average Bonchev–Trinajstić information content (AvgIpc) is 2.42. The molecule has 0 aromatic heterocycles. The van der Waals surface area contributed by atoms with Crippen molar-refractivity contribution in [2.24, 2.45) is 0 Å². The van der Waals surface area contributed by atoms with Crippen LogP contribution in [0.4, 0.5) is 0 Å². The number of para-hydroxylation sites is 1. The molecule has 0 saturated carbocycles. The molecule has 4 nitrogen and oxygen atoms in total. The number of hydroxylamine groups is 2. The van der Waals surface area contributed by atoms with Gasteiger partial charge in [0.05, 0.1) is 6.54 Å². The van der Waals surface area contributed by atoms with Crippen LogP contribution in [0.3, 0.4) is 0 Å². The summed E-state index contributed by atoms with van der Waals surface area (Å²) >= 11 is 0. The first-order chi connectivity index (χ1) is 6.54. The lowest BCUT2D eigenvalue weighted by Crippen LogP contribution is -2.26. The minimum Gasteiger partial charge on any atom is -0.404 e. The van der Waals surface area contributed by atoms with Crippen molar-refractivity contribution in [3.63, 3.8) is 0 Å². The van der Waals surface area contributed by atoms with E-state index in [1.54, 1.807) is 6.07 Å². The first-order valence-corrected chi connectivity index (χ1v) is 6.45. The van der Waals surface area contributed by atoms with Crippen LogP contribution in [0.15, 0.2) is 24.3 Å². The highest BCUT2D eigenvalue weighted by Crippen LogP contribution is 2.27. The van der Waals surface area contributed by atoms with E-state index in [1.165, 1.54) is 5.06 Å². The molecule has 76 valence electrons. The number of nitrogens with zero attached hydrogens (tertiary/aromatic N) is 1. The van der Waals surface area contributed by atoms with E-state index in [2.05, 4.69) is 0 Å². The Hall–Kier alpha value is -0.780. The summed E-state index contributed by atoms with van der Waals surface area (Å²) in [6.07, 6.45) is 0. The summed E-state index contributed by atoms with van der Waals surface area (Å²) in [5.41, 5.74) is 0.966. The third-order valence-electron chi connectivity index (χ3n) is 1.84. The zero-order valence-corrected chi connectivity index (χ0v) is 8.75. The molecule has 0 fully saturated rings. The molecule has 0 bridgehead atoms. The molecule has 0 amide bonds. The molecule has 1 aromatic carbocycles. The highest BCUT2D eigenvalue weighted by atomic mass is 35.7. The first kappa shape index (κ1) is 9.76. The van der Waals surface area contributed by atoms with E-state index < -0.39 is 9.05 Å². The highest BCUT2D eigenvalue weighted by molar-refractivity contribution is 8.13. The monoisotopic (exact) mass is 233 g/mol. The third-order valence-corrected chi connectivity index (χ3v) is 2.73. The zero-order valence-electron chi connectivity index (χ0n) is 7.18. The Bertz CT molecular complexity index is 421. The summed E-state index contributed by atoms with van der Waals surface area (Å²) < 4.78 is 21.6. The van der Waals surface area contributed by atoms with Crippen LogP contribution in [0.2, 0.25) is 0 Å². The van der Waals surface area contributed by atoms with Gasteiger partial charge >= 0.3 is 0 Å². The SMILES string of the molecule is O=S(=O)(Cl)CN1Cc2ccccc2O1. The van der Waals surface area contributed by atoms with Crippen molar-refractivity contribution >= 4 is 19.7 Å². The molecule has 6 heteroatoms. The minimum absolute atomic E-state index is 0.302. The molecule has 0 saturated heterocycles. The van der Waals surface area contributed by atoms with Crippen molar-refractivity contribution in [2.45, 2.75) is 6.54 Å². The molecular formula is C8H8ClNO3S. The van der Waals surface area contributed by atoms with Crippen molar-refractivity contribution in [1.29, 1.82) is 0 Å². The summed E-state index contributed by atoms with van der Waals surface area (Å²) in [6, 6.07) is 7.38. The van der Waals surface area contributed by atoms with Gasteiger partial charge in [0.25, 0.3) is 0 Å². The lowest BCUT2D eigenvalue weighted by atomic mass is 10.2. The zero-order chi connectivity index (χ0) is 10.2. The van der Waals surface area contributed by atoms with E-state index in [1.807, 2.05) is 18.2 Å². The average molecular weight is 234 g/mol. The van der Waals surface area contributed by atoms with Gasteiger partial charge < -0.3 is 4.84 Å². The van der Waals surface area contributed by atoms with Gasteiger partial charge in [-0.2, -0.15) is 0 Å². The number of hydrogen-bond donors (Lipinski definition) is 0. The van der Waals surface area contributed by atoms with Gasteiger partial charge in [0.1, 0.15) is 0 Å². The molecule has 0 atom stereocenters. The number of halogens is 1. The minimum atomic E-state index is -3.55. The second-order valence-electron chi connectivity index (χ2n) is 3.01. The second-order valence-corrected chi connectivity index (χ2v) is 5.75. The van der Waals surface area contributed by atoms with Crippen molar-refractivity contribution in [3.8, 4) is 5.75 Å². The summed E-state index contributed by atoms with van der Waals surface area (Å²) in [6.45, 7) is 0.447. The lowest BCUT2D eigenvalue weighted by Gasteiger charge is -2.10. The van der Waals surface area contributed by atoms with E-state index in [0.29, 0.717) is 12.3 Å². The summed E-state index contributed by atoms with van der Waals surface area (Å²) in [7, 11) is 1.55. The highest BCUT2D eigenvalue weighted by Gasteiger charge is 2.23. The van der Waals surface area contributed by atoms with Crippen molar-refractivity contribution < 1.29 is 13.3 Å². The Morgan fingerprint density at radius 2 is 2.14 bits per heavy atom. The second kappa shape index (κ2) is 3.42. The van der Waals surface area contributed by atoms with E-state index in [4.69, 9.17) is 15.5 Å². The maximum atomic E-state index is 10.8. The molecule has 0 spiro atoms. The predicted molar refractivity (Wildman–Crippen MR) is 52.3 cm³/mol. The summed E-state index contributed by atoms with van der Waals surface area (Å²) in [4.78, 5) is 5.25. The van der Waals surface area contributed by atoms with Crippen LogP contribution in [-0.2, 0) is 15.6 Å². The molecule has 0 unspecified atom stereocenters. The lowest BCUT2D eigenvalue weighted by molar-refractivity contribution is -0.0228. The van der Waals surface area contributed by atoms with Crippen LogP contribution in [-0.4, -0.2) is 19.4 Å². The Kier molecular flexibility index (Phi) is 2.38. The number of hydrogen-bond acceptors (Lipinski definition) is 4. The van der Waals surface area contributed by atoms with Gasteiger partial charge in [-0.25, -0.2) is 8.42 Å². The Morgan fingerprint density at radius 3 is 2.79 bits per heavy atom. The molecule has 1 aromatic rings. The quantitative estimate of drug-likeness (QED) is 0.723. The Morgan fingerprint density at radius 1 is 1.43 bits per heavy atom. The molecule has 0 aliphatic carbocycles. The topological polar surface area (TPSA) is 46.6 Å². The van der Waals surface area contributed by atoms with Crippen LogP contribution in [0, 0.1) is 0 Å². The normalized spacial score (nSPS) is 16.4. The van der Waals surface area contributed by atoms with Crippen molar-refractivity contribution in [2.75, 3.05) is 5.88 Å². The predicted octanol–water partition coefficient (Wildman–Crippen LogP) is 1.32. The van der Waals surface area contributed by atoms with E-state index in [-0.39, 0.29) is 5.88 Å². The van der Waals surface area contributed by atoms with E-state index in [9.17, 15) is 8.42 Å². The summed E-state index contributed by atoms with van der Waals surface area (Å²) in [5, 5.41) is 1.31. The van der Waals surface area contributed by atoms with Crippen molar-refractivity contribution in [1.82, 2.24) is 5.06 Å². The van der Waals surface area contributed by atoms with Gasteiger partial charge in [-0.1, -0.05) is 18.2 Å². The van der Waals surface area contributed by atoms with Crippen LogP contribution >= 0.6 is 10.7 Å². The van der Waals surface area contributed by atoms with Crippen LogP contribution in [0.25, 0.3) is 0 Å². The largest absolute Gasteiger partial charge is 0.404 e. The molecule has 14 heavy (non-hydrogen) atoms. The molecule has 2 rings (SSSR count). The summed E-state index contributed by atoms with van der Waals surface area (Å²) in [5.74, 6) is 0.385. The van der Waals surface area contributed by atoms with E-state index in [0.717, 1.165) is 5.56 Å². The van der Waals surface area contributed by atoms with Crippen LogP contribution < -0.4 is 4.84 Å².